The summed E-state index contributed by atoms with van der Waals surface area (Å²) >= 11 is -0.222. The number of hydrogen-bond acceptors (Lipinski definition) is 2. The van der Waals surface area contributed by atoms with Crippen LogP contribution in [-0.4, -0.2) is 26.4 Å². The van der Waals surface area contributed by atoms with Gasteiger partial charge in [0, 0.05) is 16.9 Å². The Labute approximate surface area is 125 Å². The quantitative estimate of drug-likeness (QED) is 0.628. The Morgan fingerprint density at radius 1 is 1.26 bits per heavy atom. The van der Waals surface area contributed by atoms with Crippen molar-refractivity contribution in [2.45, 2.75) is 38.8 Å². The van der Waals surface area contributed by atoms with Crippen molar-refractivity contribution in [1.29, 1.82) is 0 Å². The summed E-state index contributed by atoms with van der Waals surface area (Å²) in [6.07, 6.45) is 0. The molecule has 0 aliphatic carbocycles. The van der Waals surface area contributed by atoms with Crippen molar-refractivity contribution in [3.63, 3.8) is 0 Å². The fraction of sp³-hybridized carbons (Fsp3) is 0.429. The Morgan fingerprint density at radius 3 is 2.11 bits per heavy atom. The molecular formula is C14H23FeO2Si2-2. The Morgan fingerprint density at radius 2 is 1.79 bits per heavy atom. The average molecular weight is 335 g/mol. The van der Waals surface area contributed by atoms with Crippen LogP contribution in [-0.2, 0) is 29.7 Å². The Balaban J connectivity index is 0. The van der Waals surface area contributed by atoms with Gasteiger partial charge in [0.2, 0.25) is 0 Å². The third-order valence-corrected chi connectivity index (χ3v) is 5.47. The monoisotopic (exact) mass is 335 g/mol. The molecule has 5 heteroatoms. The number of carbonyl (C=O) groups excluding carboxylic acids is 2. The third kappa shape index (κ3) is 9.97. The first-order valence-corrected chi connectivity index (χ1v) is 13.0. The minimum Gasteiger partial charge on any atom is -0.358 e. The summed E-state index contributed by atoms with van der Waals surface area (Å²) in [5.41, 5.74) is 1.64. The van der Waals surface area contributed by atoms with E-state index in [0.29, 0.717) is 0 Å². The predicted octanol–water partition coefficient (Wildman–Crippen LogP) is 2.44. The zero-order valence-electron chi connectivity index (χ0n) is 12.6. The summed E-state index contributed by atoms with van der Waals surface area (Å²) in [4.78, 5) is 20.7. The van der Waals surface area contributed by atoms with Crippen molar-refractivity contribution in [2.24, 2.45) is 0 Å². The summed E-state index contributed by atoms with van der Waals surface area (Å²) in [5, 5.41) is 1.66. The molecule has 0 N–H and O–H groups in total. The van der Waals surface area contributed by atoms with Crippen LogP contribution in [0.25, 0.3) is 0 Å². The molecule has 0 bridgehead atoms. The largest absolute Gasteiger partial charge is 0.358 e. The van der Waals surface area contributed by atoms with E-state index in [0.717, 1.165) is 0 Å². The molecule has 0 aliphatic rings. The summed E-state index contributed by atoms with van der Waals surface area (Å²) in [5.74, 6) is 0. The van der Waals surface area contributed by atoms with Crippen LogP contribution in [0.5, 0.6) is 0 Å². The van der Waals surface area contributed by atoms with Gasteiger partial charge in [-0.2, -0.15) is 16.8 Å². The van der Waals surface area contributed by atoms with Crippen molar-refractivity contribution in [1.82, 2.24) is 0 Å². The molecule has 0 aliphatic heterocycles. The molecular weight excluding hydrogens is 312 g/mol. The molecule has 0 unspecified atom stereocenters. The van der Waals surface area contributed by atoms with E-state index in [1.54, 1.807) is 10.8 Å². The van der Waals surface area contributed by atoms with Crippen molar-refractivity contribution in [3.8, 4) is 0 Å². The van der Waals surface area contributed by atoms with Gasteiger partial charge < -0.3 is 7.43 Å². The zero-order valence-corrected chi connectivity index (χ0v) is 15.7. The average Bonchev–Trinajstić information content (AvgIpc) is 2.65. The summed E-state index contributed by atoms with van der Waals surface area (Å²) in [6.45, 7) is 12.1. The minimum absolute atomic E-state index is 0. The van der Waals surface area contributed by atoms with E-state index in [2.05, 4.69) is 50.9 Å². The summed E-state index contributed by atoms with van der Waals surface area (Å²) < 4.78 is 0. The smallest absolute Gasteiger partial charge is 0.358 e. The van der Waals surface area contributed by atoms with Crippen molar-refractivity contribution < 1.29 is 23.7 Å². The van der Waals surface area contributed by atoms with Crippen LogP contribution in [0, 0.1) is 7.43 Å². The van der Waals surface area contributed by atoms with Gasteiger partial charge in [-0.15, -0.1) is 0 Å². The molecule has 1 aromatic rings. The van der Waals surface area contributed by atoms with E-state index in [9.17, 15) is 0 Å². The zero-order chi connectivity index (χ0) is 14.2. The number of hydrogen-bond donors (Lipinski definition) is 0. The molecule has 0 heterocycles. The van der Waals surface area contributed by atoms with Crippen LogP contribution in [0.2, 0.25) is 32.7 Å². The van der Waals surface area contributed by atoms with Gasteiger partial charge in [0.25, 0.3) is 0 Å². The topological polar surface area (TPSA) is 34.1 Å². The van der Waals surface area contributed by atoms with E-state index < -0.39 is 8.07 Å². The second-order valence-electron chi connectivity index (χ2n) is 5.43. The molecule has 0 saturated heterocycles. The molecule has 1 radical (unpaired) electrons. The van der Waals surface area contributed by atoms with Gasteiger partial charge in [-0.25, -0.2) is 12.1 Å². The minimum atomic E-state index is -0.923. The molecule has 0 atom stereocenters. The van der Waals surface area contributed by atoms with E-state index in [1.165, 1.54) is 15.6 Å². The van der Waals surface area contributed by atoms with Crippen molar-refractivity contribution in [3.05, 3.63) is 31.2 Å². The SMILES string of the molecule is C[Si](C)[c-]1cccc1C[Si](C)(C)C.O=[C]=[Fe]=[C]=O.[CH3-]. The van der Waals surface area contributed by atoms with E-state index in [1.807, 2.05) is 0 Å². The van der Waals surface area contributed by atoms with Crippen LogP contribution < -0.4 is 5.19 Å². The maximum absolute atomic E-state index is 9.02. The van der Waals surface area contributed by atoms with Gasteiger partial charge in [-0.3, -0.25) is 0 Å². The number of rotatable bonds is 3. The Kier molecular flexibility index (Phi) is 11.2. The Bertz CT molecular complexity index is 458. The van der Waals surface area contributed by atoms with Crippen molar-refractivity contribution >= 4 is 31.6 Å². The normalized spacial score (nSPS) is 9.79. The summed E-state index contributed by atoms with van der Waals surface area (Å²) in [7, 11) is -1.17. The fourth-order valence-corrected chi connectivity index (χ4v) is 4.60. The second kappa shape index (κ2) is 10.3. The fourth-order valence-electron chi connectivity index (χ4n) is 1.69. The molecule has 0 spiro atoms. The van der Waals surface area contributed by atoms with E-state index in [-0.39, 0.29) is 30.3 Å². The predicted molar refractivity (Wildman–Crippen MR) is 84.0 cm³/mol. The van der Waals surface area contributed by atoms with Gasteiger partial charge in [0.05, 0.1) is 0 Å². The maximum Gasteiger partial charge on any atom is -0.358 e. The molecule has 0 amide bonds. The standard InChI is InChI=1S/C11H20Si2.2CO.CH3.Fe/c1-12(2)11-8-6-7-10(11)9-13(3,4)5;2*1-2;;/h6-8H,9H2,1-5H3;;;1H3;/q-1;;;-1;. The van der Waals surface area contributed by atoms with Crippen LogP contribution in [0.3, 0.4) is 0 Å². The van der Waals surface area contributed by atoms with Crippen LogP contribution in [0.4, 0.5) is 0 Å². The first kappa shape index (κ1) is 20.8. The van der Waals surface area contributed by atoms with Crippen LogP contribution in [0.15, 0.2) is 18.2 Å². The van der Waals surface area contributed by atoms with Crippen LogP contribution in [0.1, 0.15) is 5.56 Å². The molecule has 1 aromatic carbocycles. The van der Waals surface area contributed by atoms with Crippen LogP contribution >= 0.6 is 0 Å². The molecule has 0 aromatic heterocycles. The van der Waals surface area contributed by atoms with Gasteiger partial charge in [-0.1, -0.05) is 38.8 Å². The van der Waals surface area contributed by atoms with Gasteiger partial charge in [0.1, 0.15) is 0 Å². The second-order valence-corrected chi connectivity index (χ2v) is 14.2. The molecule has 0 fully saturated rings. The third-order valence-electron chi connectivity index (χ3n) is 2.24. The molecule has 1 rings (SSSR count). The Hall–Kier alpha value is -0.537. The first-order valence-electron chi connectivity index (χ1n) is 5.71. The van der Waals surface area contributed by atoms with E-state index in [4.69, 9.17) is 9.59 Å². The molecule has 0 saturated carbocycles. The maximum atomic E-state index is 9.02. The first-order chi connectivity index (χ1) is 8.31. The van der Waals surface area contributed by atoms with E-state index >= 15 is 0 Å². The van der Waals surface area contributed by atoms with Gasteiger partial charge in [0.15, 0.2) is 0 Å². The molecule has 2 nitrogen and oxygen atoms in total. The summed E-state index contributed by atoms with van der Waals surface area (Å²) in [6, 6.07) is 8.22. The van der Waals surface area contributed by atoms with Crippen molar-refractivity contribution in [2.75, 3.05) is 0 Å². The molecule has 19 heavy (non-hydrogen) atoms. The molecule has 109 valence electrons. The van der Waals surface area contributed by atoms with Gasteiger partial charge >= 0.3 is 33.2 Å². The van der Waals surface area contributed by atoms with Gasteiger partial charge in [-0.05, 0) is 0 Å².